The van der Waals surface area contributed by atoms with E-state index >= 15 is 0 Å². The first-order valence-corrected chi connectivity index (χ1v) is 5.21. The lowest BCUT2D eigenvalue weighted by molar-refractivity contribution is -0.141. The highest BCUT2D eigenvalue weighted by Crippen LogP contribution is 2.16. The average molecular weight is 224 g/mol. The van der Waals surface area contributed by atoms with Crippen molar-refractivity contribution < 1.29 is 14.3 Å². The SMILES string of the molecule is C#CCN1CCC[C@H]1C(=O)NCC(=O)OC. The molecule has 1 aliphatic rings. The van der Waals surface area contributed by atoms with Gasteiger partial charge in [0, 0.05) is 0 Å². The van der Waals surface area contributed by atoms with E-state index in [9.17, 15) is 9.59 Å². The molecular weight excluding hydrogens is 208 g/mol. The lowest BCUT2D eigenvalue weighted by Crippen LogP contribution is -2.44. The van der Waals surface area contributed by atoms with Gasteiger partial charge >= 0.3 is 5.97 Å². The van der Waals surface area contributed by atoms with E-state index in [2.05, 4.69) is 16.0 Å². The number of nitrogens with one attached hydrogen (secondary N) is 1. The highest BCUT2D eigenvalue weighted by molar-refractivity contribution is 5.85. The Morgan fingerprint density at radius 1 is 1.62 bits per heavy atom. The van der Waals surface area contributed by atoms with Crippen molar-refractivity contribution in [2.24, 2.45) is 0 Å². The number of carbonyl (C=O) groups is 2. The number of ether oxygens (including phenoxy) is 1. The number of methoxy groups -OCH3 is 1. The number of hydrogen-bond acceptors (Lipinski definition) is 4. The molecule has 0 radical (unpaired) electrons. The van der Waals surface area contributed by atoms with Crippen molar-refractivity contribution in [2.45, 2.75) is 18.9 Å². The summed E-state index contributed by atoms with van der Waals surface area (Å²) in [7, 11) is 1.29. The van der Waals surface area contributed by atoms with Crippen molar-refractivity contribution >= 4 is 11.9 Å². The van der Waals surface area contributed by atoms with E-state index in [0.29, 0.717) is 6.54 Å². The van der Waals surface area contributed by atoms with Crippen LogP contribution in [0.2, 0.25) is 0 Å². The van der Waals surface area contributed by atoms with Gasteiger partial charge < -0.3 is 10.1 Å². The van der Waals surface area contributed by atoms with Gasteiger partial charge in [-0.1, -0.05) is 5.92 Å². The molecule has 5 nitrogen and oxygen atoms in total. The molecule has 1 fully saturated rings. The molecule has 0 unspecified atom stereocenters. The summed E-state index contributed by atoms with van der Waals surface area (Å²) in [5.41, 5.74) is 0. The van der Waals surface area contributed by atoms with Crippen molar-refractivity contribution in [1.29, 1.82) is 0 Å². The van der Waals surface area contributed by atoms with Crippen molar-refractivity contribution in [3.8, 4) is 12.3 Å². The third kappa shape index (κ3) is 3.24. The van der Waals surface area contributed by atoms with Gasteiger partial charge in [0.1, 0.15) is 6.54 Å². The molecule has 0 aromatic carbocycles. The van der Waals surface area contributed by atoms with Gasteiger partial charge in [-0.3, -0.25) is 14.5 Å². The van der Waals surface area contributed by atoms with Gasteiger partial charge in [-0.2, -0.15) is 0 Å². The Morgan fingerprint density at radius 3 is 3.00 bits per heavy atom. The van der Waals surface area contributed by atoms with Crippen LogP contribution in [0.4, 0.5) is 0 Å². The molecule has 1 saturated heterocycles. The highest BCUT2D eigenvalue weighted by Gasteiger charge is 2.29. The summed E-state index contributed by atoms with van der Waals surface area (Å²) in [5, 5.41) is 2.54. The Morgan fingerprint density at radius 2 is 2.38 bits per heavy atom. The molecule has 5 heteroatoms. The Balaban J connectivity index is 2.41. The summed E-state index contributed by atoms with van der Waals surface area (Å²) in [4.78, 5) is 24.5. The van der Waals surface area contributed by atoms with E-state index < -0.39 is 5.97 Å². The lowest BCUT2D eigenvalue weighted by Gasteiger charge is -2.20. The zero-order valence-electron chi connectivity index (χ0n) is 9.36. The lowest BCUT2D eigenvalue weighted by atomic mass is 10.2. The average Bonchev–Trinajstić information content (AvgIpc) is 2.74. The minimum atomic E-state index is -0.449. The minimum Gasteiger partial charge on any atom is -0.468 e. The van der Waals surface area contributed by atoms with E-state index in [1.807, 2.05) is 4.90 Å². The number of likely N-dealkylation sites (tertiary alicyclic amines) is 1. The van der Waals surface area contributed by atoms with E-state index in [4.69, 9.17) is 6.42 Å². The third-order valence-electron chi connectivity index (χ3n) is 2.60. The summed E-state index contributed by atoms with van der Waals surface area (Å²) >= 11 is 0. The molecule has 1 heterocycles. The standard InChI is InChI=1S/C11H16N2O3/c1-3-6-13-7-4-5-9(13)11(15)12-8-10(14)16-2/h1,9H,4-8H2,2H3,(H,12,15)/t9-/m0/s1. The molecular formula is C11H16N2O3. The first-order chi connectivity index (χ1) is 7.69. The summed E-state index contributed by atoms with van der Waals surface area (Å²) in [5.74, 6) is 1.92. The summed E-state index contributed by atoms with van der Waals surface area (Å²) in [6.45, 7) is 1.21. The molecule has 0 aromatic heterocycles. The number of terminal acetylenes is 1. The molecule has 1 N–H and O–H groups in total. The largest absolute Gasteiger partial charge is 0.468 e. The van der Waals surface area contributed by atoms with Crippen LogP contribution >= 0.6 is 0 Å². The Hall–Kier alpha value is -1.54. The molecule has 0 bridgehead atoms. The van der Waals surface area contributed by atoms with Gasteiger partial charge in [0.25, 0.3) is 0 Å². The van der Waals surface area contributed by atoms with Gasteiger partial charge in [-0.15, -0.1) is 6.42 Å². The van der Waals surface area contributed by atoms with E-state index in [1.165, 1.54) is 7.11 Å². The molecule has 16 heavy (non-hydrogen) atoms. The maximum atomic E-state index is 11.7. The molecule has 1 amide bonds. The van der Waals surface area contributed by atoms with Crippen molar-refractivity contribution in [2.75, 3.05) is 26.7 Å². The second-order valence-corrected chi connectivity index (χ2v) is 3.63. The number of amides is 1. The topological polar surface area (TPSA) is 58.6 Å². The van der Waals surface area contributed by atoms with E-state index in [0.717, 1.165) is 19.4 Å². The fourth-order valence-electron chi connectivity index (χ4n) is 1.78. The van der Waals surface area contributed by atoms with Gasteiger partial charge in [-0.05, 0) is 19.4 Å². The molecule has 0 aromatic rings. The quantitative estimate of drug-likeness (QED) is 0.510. The smallest absolute Gasteiger partial charge is 0.325 e. The van der Waals surface area contributed by atoms with Crippen LogP contribution < -0.4 is 5.32 Å². The maximum absolute atomic E-state index is 11.7. The van der Waals surface area contributed by atoms with Crippen molar-refractivity contribution in [3.63, 3.8) is 0 Å². The summed E-state index contributed by atoms with van der Waals surface area (Å²) in [6.07, 6.45) is 6.96. The summed E-state index contributed by atoms with van der Waals surface area (Å²) < 4.78 is 4.44. The molecule has 1 rings (SSSR count). The Labute approximate surface area is 95.1 Å². The predicted molar refractivity (Wildman–Crippen MR) is 58.5 cm³/mol. The number of nitrogens with zero attached hydrogens (tertiary/aromatic N) is 1. The molecule has 0 spiro atoms. The zero-order chi connectivity index (χ0) is 12.0. The normalized spacial score (nSPS) is 20.1. The van der Waals surface area contributed by atoms with Crippen molar-refractivity contribution in [1.82, 2.24) is 10.2 Å². The fourth-order valence-corrected chi connectivity index (χ4v) is 1.78. The monoisotopic (exact) mass is 224 g/mol. The molecule has 0 aliphatic carbocycles. The molecule has 1 atom stereocenters. The van der Waals surface area contributed by atoms with Crippen LogP contribution in [0.5, 0.6) is 0 Å². The summed E-state index contributed by atoms with van der Waals surface area (Å²) in [6, 6.07) is -0.208. The second kappa shape index (κ2) is 6.13. The number of carbonyl (C=O) groups excluding carboxylic acids is 2. The van der Waals surface area contributed by atoms with Crippen LogP contribution in [0.3, 0.4) is 0 Å². The van der Waals surface area contributed by atoms with Crippen molar-refractivity contribution in [3.05, 3.63) is 0 Å². The molecule has 88 valence electrons. The van der Waals surface area contributed by atoms with Crippen LogP contribution in [-0.2, 0) is 14.3 Å². The molecule has 1 aliphatic heterocycles. The van der Waals surface area contributed by atoms with Gasteiger partial charge in [-0.25, -0.2) is 0 Å². The van der Waals surface area contributed by atoms with Gasteiger partial charge in [0.05, 0.1) is 19.7 Å². The van der Waals surface area contributed by atoms with Gasteiger partial charge in [0.2, 0.25) is 5.91 Å². The zero-order valence-corrected chi connectivity index (χ0v) is 9.36. The maximum Gasteiger partial charge on any atom is 0.325 e. The Kier molecular flexibility index (Phi) is 4.80. The highest BCUT2D eigenvalue weighted by atomic mass is 16.5. The van der Waals surface area contributed by atoms with Crippen LogP contribution in [0.25, 0.3) is 0 Å². The van der Waals surface area contributed by atoms with Crippen LogP contribution in [0, 0.1) is 12.3 Å². The van der Waals surface area contributed by atoms with Crippen LogP contribution in [0.15, 0.2) is 0 Å². The second-order valence-electron chi connectivity index (χ2n) is 3.63. The Bertz CT molecular complexity index is 309. The number of esters is 1. The third-order valence-corrected chi connectivity index (χ3v) is 2.60. The number of rotatable bonds is 4. The predicted octanol–water partition coefficient (Wildman–Crippen LogP) is -0.627. The van der Waals surface area contributed by atoms with Crippen LogP contribution in [-0.4, -0.2) is 49.6 Å². The van der Waals surface area contributed by atoms with Gasteiger partial charge in [0.15, 0.2) is 0 Å². The van der Waals surface area contributed by atoms with Crippen LogP contribution in [0.1, 0.15) is 12.8 Å². The molecule has 0 saturated carbocycles. The van der Waals surface area contributed by atoms with E-state index in [1.54, 1.807) is 0 Å². The fraction of sp³-hybridized carbons (Fsp3) is 0.636. The first-order valence-electron chi connectivity index (χ1n) is 5.21. The number of hydrogen-bond donors (Lipinski definition) is 1. The minimum absolute atomic E-state index is 0.0876. The van der Waals surface area contributed by atoms with E-state index in [-0.39, 0.29) is 18.5 Å². The first kappa shape index (κ1) is 12.5.